The molecule has 6 heteroatoms. The van der Waals surface area contributed by atoms with Crippen LogP contribution in [0.5, 0.6) is 0 Å². The molecular weight excluding hydrogens is 290 g/mol. The van der Waals surface area contributed by atoms with Gasteiger partial charge in [-0.15, -0.1) is 0 Å². The number of carbonyl (C=O) groups excluding carboxylic acids is 1. The van der Waals surface area contributed by atoms with Crippen LogP contribution in [0.1, 0.15) is 10.4 Å². The van der Waals surface area contributed by atoms with E-state index in [0.717, 1.165) is 9.37 Å². The predicted molar refractivity (Wildman–Crippen MR) is 64.7 cm³/mol. The Hall–Kier alpha value is -1.40. The standard InChI is InChI=1S/C11H12BrNO4/c1-13(9(6-14)11(16)17)10(15)7-3-2-4-8(12)5-7/h2-5,9,14H,6H2,1H3,(H,16,17). The maximum atomic E-state index is 11.9. The Morgan fingerprint density at radius 1 is 1.47 bits per heavy atom. The predicted octanol–water partition coefficient (Wildman–Crippen LogP) is 0.967. The lowest BCUT2D eigenvalue weighted by molar-refractivity contribution is -0.143. The average molecular weight is 302 g/mol. The van der Waals surface area contributed by atoms with E-state index in [0.29, 0.717) is 5.56 Å². The topological polar surface area (TPSA) is 77.8 Å². The number of aliphatic carboxylic acids is 1. The summed E-state index contributed by atoms with van der Waals surface area (Å²) in [5.74, 6) is -1.69. The number of hydrogen-bond donors (Lipinski definition) is 2. The number of carbonyl (C=O) groups is 2. The number of carboxylic acids is 1. The number of halogens is 1. The van der Waals surface area contributed by atoms with Crippen molar-refractivity contribution in [1.82, 2.24) is 4.90 Å². The highest BCUT2D eigenvalue weighted by molar-refractivity contribution is 9.10. The number of carboxylic acid groups (broad SMARTS) is 1. The molecule has 0 heterocycles. The van der Waals surface area contributed by atoms with Crippen LogP contribution in [0, 0.1) is 0 Å². The Labute approximate surface area is 107 Å². The summed E-state index contributed by atoms with van der Waals surface area (Å²) in [6, 6.07) is 5.38. The summed E-state index contributed by atoms with van der Waals surface area (Å²) in [6.07, 6.45) is 0. The van der Waals surface area contributed by atoms with Crippen LogP contribution < -0.4 is 0 Å². The van der Waals surface area contributed by atoms with Crippen molar-refractivity contribution in [3.05, 3.63) is 34.3 Å². The molecule has 17 heavy (non-hydrogen) atoms. The molecule has 92 valence electrons. The van der Waals surface area contributed by atoms with E-state index in [9.17, 15) is 9.59 Å². The van der Waals surface area contributed by atoms with Gasteiger partial charge in [-0.1, -0.05) is 22.0 Å². The Balaban J connectivity index is 2.93. The third kappa shape index (κ3) is 3.28. The van der Waals surface area contributed by atoms with Crippen molar-refractivity contribution in [3.63, 3.8) is 0 Å². The molecule has 0 bridgehead atoms. The van der Waals surface area contributed by atoms with Crippen LogP contribution in [0.15, 0.2) is 28.7 Å². The summed E-state index contributed by atoms with van der Waals surface area (Å²) in [7, 11) is 1.35. The van der Waals surface area contributed by atoms with Gasteiger partial charge in [0, 0.05) is 17.1 Å². The van der Waals surface area contributed by atoms with E-state index in [2.05, 4.69) is 15.9 Å². The van der Waals surface area contributed by atoms with Gasteiger partial charge in [-0.05, 0) is 18.2 Å². The molecule has 0 aliphatic heterocycles. The van der Waals surface area contributed by atoms with E-state index in [1.54, 1.807) is 24.3 Å². The summed E-state index contributed by atoms with van der Waals surface area (Å²) >= 11 is 3.23. The highest BCUT2D eigenvalue weighted by Crippen LogP contribution is 2.14. The number of aliphatic hydroxyl groups excluding tert-OH is 1. The molecule has 0 spiro atoms. The smallest absolute Gasteiger partial charge is 0.328 e. The fourth-order valence-electron chi connectivity index (χ4n) is 1.33. The molecule has 0 fully saturated rings. The Morgan fingerprint density at radius 2 is 2.12 bits per heavy atom. The van der Waals surface area contributed by atoms with Gasteiger partial charge < -0.3 is 15.1 Å². The molecule has 0 aliphatic carbocycles. The lowest BCUT2D eigenvalue weighted by atomic mass is 10.1. The normalized spacial score (nSPS) is 11.9. The zero-order valence-electron chi connectivity index (χ0n) is 9.13. The Bertz CT molecular complexity index is 435. The molecule has 5 nitrogen and oxygen atoms in total. The first kappa shape index (κ1) is 13.7. The molecule has 0 aromatic heterocycles. The molecular formula is C11H12BrNO4. The van der Waals surface area contributed by atoms with E-state index in [1.807, 2.05) is 0 Å². The van der Waals surface area contributed by atoms with Gasteiger partial charge in [0.1, 0.15) is 0 Å². The van der Waals surface area contributed by atoms with E-state index in [1.165, 1.54) is 7.05 Å². The maximum Gasteiger partial charge on any atom is 0.328 e. The molecule has 1 atom stereocenters. The first-order valence-corrected chi connectivity index (χ1v) is 5.63. The molecule has 0 saturated carbocycles. The van der Waals surface area contributed by atoms with Gasteiger partial charge in [0.15, 0.2) is 6.04 Å². The number of aliphatic hydroxyl groups is 1. The highest BCUT2D eigenvalue weighted by atomic mass is 79.9. The number of amides is 1. The van der Waals surface area contributed by atoms with Crippen LogP contribution in [0.25, 0.3) is 0 Å². The van der Waals surface area contributed by atoms with Crippen molar-refractivity contribution < 1.29 is 19.8 Å². The van der Waals surface area contributed by atoms with Gasteiger partial charge in [0.05, 0.1) is 6.61 Å². The zero-order valence-corrected chi connectivity index (χ0v) is 10.7. The molecule has 0 aliphatic rings. The number of hydrogen-bond acceptors (Lipinski definition) is 3. The second kappa shape index (κ2) is 5.79. The van der Waals surface area contributed by atoms with Crippen LogP contribution in [0.2, 0.25) is 0 Å². The largest absolute Gasteiger partial charge is 0.480 e. The summed E-state index contributed by atoms with van der Waals surface area (Å²) in [5.41, 5.74) is 0.363. The van der Waals surface area contributed by atoms with E-state index in [4.69, 9.17) is 10.2 Å². The summed E-state index contributed by atoms with van der Waals surface area (Å²) in [5, 5.41) is 17.8. The maximum absolute atomic E-state index is 11.9. The van der Waals surface area contributed by atoms with Gasteiger partial charge >= 0.3 is 5.97 Å². The molecule has 2 N–H and O–H groups in total. The molecule has 1 aromatic carbocycles. The second-order valence-electron chi connectivity index (χ2n) is 3.46. The minimum Gasteiger partial charge on any atom is -0.480 e. The highest BCUT2D eigenvalue weighted by Gasteiger charge is 2.26. The van der Waals surface area contributed by atoms with Gasteiger partial charge in [-0.3, -0.25) is 4.79 Å². The van der Waals surface area contributed by atoms with Crippen molar-refractivity contribution in [2.45, 2.75) is 6.04 Å². The molecule has 1 amide bonds. The van der Waals surface area contributed by atoms with Gasteiger partial charge in [0.25, 0.3) is 5.91 Å². The van der Waals surface area contributed by atoms with Crippen molar-refractivity contribution >= 4 is 27.8 Å². The lowest BCUT2D eigenvalue weighted by Crippen LogP contribution is -2.44. The van der Waals surface area contributed by atoms with Gasteiger partial charge in [-0.25, -0.2) is 4.79 Å². The van der Waals surface area contributed by atoms with E-state index >= 15 is 0 Å². The van der Waals surface area contributed by atoms with E-state index in [-0.39, 0.29) is 0 Å². The number of nitrogens with zero attached hydrogens (tertiary/aromatic N) is 1. The van der Waals surface area contributed by atoms with Gasteiger partial charge in [-0.2, -0.15) is 0 Å². The molecule has 0 saturated heterocycles. The fraction of sp³-hybridized carbons (Fsp3) is 0.273. The molecule has 1 unspecified atom stereocenters. The average Bonchev–Trinajstić information content (AvgIpc) is 2.28. The third-order valence-corrected chi connectivity index (χ3v) is 2.81. The summed E-state index contributed by atoms with van der Waals surface area (Å²) < 4.78 is 0.729. The minimum atomic E-state index is -1.24. The van der Waals surface area contributed by atoms with Crippen molar-refractivity contribution in [2.24, 2.45) is 0 Å². The number of benzene rings is 1. The van der Waals surface area contributed by atoms with Crippen LogP contribution >= 0.6 is 15.9 Å². The summed E-state index contributed by atoms with van der Waals surface area (Å²) in [6.45, 7) is -0.619. The van der Waals surface area contributed by atoms with Crippen LogP contribution in [-0.4, -0.2) is 46.7 Å². The zero-order chi connectivity index (χ0) is 13.0. The third-order valence-electron chi connectivity index (χ3n) is 2.32. The minimum absolute atomic E-state index is 0.363. The second-order valence-corrected chi connectivity index (χ2v) is 4.38. The van der Waals surface area contributed by atoms with Crippen LogP contribution in [0.4, 0.5) is 0 Å². The number of likely N-dealkylation sites (N-methyl/N-ethyl adjacent to an activating group) is 1. The van der Waals surface area contributed by atoms with Crippen molar-refractivity contribution in [3.8, 4) is 0 Å². The van der Waals surface area contributed by atoms with Crippen LogP contribution in [-0.2, 0) is 4.79 Å². The Morgan fingerprint density at radius 3 is 2.59 bits per heavy atom. The van der Waals surface area contributed by atoms with Gasteiger partial charge in [0.2, 0.25) is 0 Å². The van der Waals surface area contributed by atoms with Crippen LogP contribution in [0.3, 0.4) is 0 Å². The number of rotatable bonds is 4. The first-order valence-electron chi connectivity index (χ1n) is 4.83. The SMILES string of the molecule is CN(C(=O)c1cccc(Br)c1)C(CO)C(=O)O. The monoisotopic (exact) mass is 301 g/mol. The van der Waals surface area contributed by atoms with Crippen molar-refractivity contribution in [2.75, 3.05) is 13.7 Å². The molecule has 0 radical (unpaired) electrons. The molecule has 1 rings (SSSR count). The molecule has 1 aromatic rings. The van der Waals surface area contributed by atoms with E-state index < -0.39 is 24.5 Å². The Kier molecular flexibility index (Phi) is 4.65. The first-order chi connectivity index (χ1) is 7.97. The summed E-state index contributed by atoms with van der Waals surface area (Å²) in [4.78, 5) is 23.7. The van der Waals surface area contributed by atoms with Crippen molar-refractivity contribution in [1.29, 1.82) is 0 Å². The quantitative estimate of drug-likeness (QED) is 0.868. The fourth-order valence-corrected chi connectivity index (χ4v) is 1.73. The lowest BCUT2D eigenvalue weighted by Gasteiger charge is -2.23.